The van der Waals surface area contributed by atoms with Gasteiger partial charge in [0.1, 0.15) is 17.0 Å². The van der Waals surface area contributed by atoms with E-state index in [1.807, 2.05) is 32.0 Å². The standard InChI is InChI=1S/C22H28N4O4S/c1-5-15(27)11-24-21(28)19-13(2)18-20(25-12-26-22(18)31-19)23-9-8-14-6-7-16(29-3)17(10-14)30-4/h6-7,10,12,15,27H,5,8-9,11H2,1-4H3,(H,24,28)(H,23,25,26)/t15-/m0/s1. The van der Waals surface area contributed by atoms with E-state index in [9.17, 15) is 9.90 Å². The molecule has 3 N–H and O–H groups in total. The van der Waals surface area contributed by atoms with Crippen molar-refractivity contribution in [3.05, 3.63) is 40.5 Å². The summed E-state index contributed by atoms with van der Waals surface area (Å²) in [6, 6.07) is 5.85. The molecule has 9 heteroatoms. The fraction of sp³-hybridized carbons (Fsp3) is 0.409. The Kier molecular flexibility index (Phi) is 7.64. The minimum Gasteiger partial charge on any atom is -0.493 e. The molecule has 0 aliphatic rings. The first kappa shape index (κ1) is 22.8. The van der Waals surface area contributed by atoms with Crippen molar-refractivity contribution in [2.75, 3.05) is 32.6 Å². The van der Waals surface area contributed by atoms with Gasteiger partial charge in [-0.1, -0.05) is 13.0 Å². The maximum Gasteiger partial charge on any atom is 0.261 e. The number of aryl methyl sites for hydroxylation is 1. The van der Waals surface area contributed by atoms with Gasteiger partial charge in [-0.25, -0.2) is 9.97 Å². The zero-order valence-corrected chi connectivity index (χ0v) is 19.0. The minimum atomic E-state index is -0.549. The summed E-state index contributed by atoms with van der Waals surface area (Å²) in [6.07, 6.45) is 2.30. The summed E-state index contributed by atoms with van der Waals surface area (Å²) in [7, 11) is 3.23. The molecule has 3 rings (SSSR count). The molecule has 2 aromatic heterocycles. The molecule has 0 radical (unpaired) electrons. The van der Waals surface area contributed by atoms with Crippen molar-refractivity contribution >= 4 is 33.3 Å². The van der Waals surface area contributed by atoms with Crippen molar-refractivity contribution < 1.29 is 19.4 Å². The maximum atomic E-state index is 12.6. The number of hydrogen-bond acceptors (Lipinski definition) is 8. The van der Waals surface area contributed by atoms with Crippen LogP contribution in [0.4, 0.5) is 5.82 Å². The van der Waals surface area contributed by atoms with E-state index in [-0.39, 0.29) is 12.5 Å². The van der Waals surface area contributed by atoms with E-state index in [0.717, 1.165) is 27.8 Å². The van der Waals surface area contributed by atoms with Crippen molar-refractivity contribution in [1.29, 1.82) is 0 Å². The van der Waals surface area contributed by atoms with Crippen LogP contribution in [-0.2, 0) is 6.42 Å². The summed E-state index contributed by atoms with van der Waals surface area (Å²) in [5, 5.41) is 16.7. The van der Waals surface area contributed by atoms with Gasteiger partial charge in [0, 0.05) is 13.1 Å². The molecule has 2 heterocycles. The quantitative estimate of drug-likeness (QED) is 0.441. The van der Waals surface area contributed by atoms with Crippen LogP contribution in [0.5, 0.6) is 11.5 Å². The number of carbonyl (C=O) groups is 1. The molecular formula is C22H28N4O4S. The molecule has 0 saturated heterocycles. The molecule has 3 aromatic rings. The molecule has 31 heavy (non-hydrogen) atoms. The van der Waals surface area contributed by atoms with Crippen LogP contribution >= 0.6 is 11.3 Å². The fourth-order valence-electron chi connectivity index (χ4n) is 3.22. The van der Waals surface area contributed by atoms with Gasteiger partial charge in [-0.3, -0.25) is 4.79 Å². The van der Waals surface area contributed by atoms with Gasteiger partial charge in [0.05, 0.1) is 30.6 Å². The molecule has 1 amide bonds. The summed E-state index contributed by atoms with van der Waals surface area (Å²) in [6.45, 7) is 4.65. The summed E-state index contributed by atoms with van der Waals surface area (Å²) in [4.78, 5) is 22.6. The van der Waals surface area contributed by atoms with E-state index in [2.05, 4.69) is 20.6 Å². The predicted molar refractivity (Wildman–Crippen MR) is 123 cm³/mol. The summed E-state index contributed by atoms with van der Waals surface area (Å²) < 4.78 is 10.6. The highest BCUT2D eigenvalue weighted by molar-refractivity contribution is 7.20. The van der Waals surface area contributed by atoms with Crippen LogP contribution in [0.15, 0.2) is 24.5 Å². The third-order valence-corrected chi connectivity index (χ3v) is 6.26. The van der Waals surface area contributed by atoms with Crippen LogP contribution in [0.2, 0.25) is 0 Å². The third kappa shape index (κ3) is 5.23. The number of amides is 1. The number of benzene rings is 1. The smallest absolute Gasteiger partial charge is 0.261 e. The van der Waals surface area contributed by atoms with Gasteiger partial charge in [-0.15, -0.1) is 11.3 Å². The van der Waals surface area contributed by atoms with Crippen LogP contribution in [0, 0.1) is 6.92 Å². The highest BCUT2D eigenvalue weighted by atomic mass is 32.1. The predicted octanol–water partition coefficient (Wildman–Crippen LogP) is 3.17. The van der Waals surface area contributed by atoms with E-state index in [1.54, 1.807) is 14.2 Å². The molecule has 0 spiro atoms. The van der Waals surface area contributed by atoms with Crippen molar-refractivity contribution in [1.82, 2.24) is 15.3 Å². The Balaban J connectivity index is 1.73. The van der Waals surface area contributed by atoms with Crippen molar-refractivity contribution in [2.24, 2.45) is 0 Å². The summed E-state index contributed by atoms with van der Waals surface area (Å²) in [5.41, 5.74) is 1.93. The number of nitrogens with one attached hydrogen (secondary N) is 2. The molecule has 0 fully saturated rings. The molecule has 8 nitrogen and oxygen atoms in total. The zero-order valence-electron chi connectivity index (χ0n) is 18.2. The first-order valence-corrected chi connectivity index (χ1v) is 10.9. The fourth-order valence-corrected chi connectivity index (χ4v) is 4.28. The molecular weight excluding hydrogens is 416 g/mol. The lowest BCUT2D eigenvalue weighted by molar-refractivity contribution is 0.0917. The van der Waals surface area contributed by atoms with Gasteiger partial charge < -0.3 is 25.2 Å². The van der Waals surface area contributed by atoms with Crippen LogP contribution in [0.3, 0.4) is 0 Å². The van der Waals surface area contributed by atoms with Gasteiger partial charge in [-0.05, 0) is 43.0 Å². The molecule has 0 saturated carbocycles. The Bertz CT molecular complexity index is 1050. The Hall–Kier alpha value is -2.91. The number of aliphatic hydroxyl groups is 1. The minimum absolute atomic E-state index is 0.204. The van der Waals surface area contributed by atoms with Crippen LogP contribution in [-0.4, -0.2) is 54.4 Å². The van der Waals surface area contributed by atoms with E-state index in [1.165, 1.54) is 17.7 Å². The van der Waals surface area contributed by atoms with Gasteiger partial charge in [0.25, 0.3) is 5.91 Å². The van der Waals surface area contributed by atoms with Gasteiger partial charge >= 0.3 is 0 Å². The average molecular weight is 445 g/mol. The summed E-state index contributed by atoms with van der Waals surface area (Å²) >= 11 is 1.33. The number of anilines is 1. The number of methoxy groups -OCH3 is 2. The van der Waals surface area contributed by atoms with Gasteiger partial charge in [-0.2, -0.15) is 0 Å². The van der Waals surface area contributed by atoms with Crippen molar-refractivity contribution in [3.8, 4) is 11.5 Å². The van der Waals surface area contributed by atoms with E-state index in [4.69, 9.17) is 9.47 Å². The highest BCUT2D eigenvalue weighted by Crippen LogP contribution is 2.33. The Labute approximate surface area is 185 Å². The van der Waals surface area contributed by atoms with Gasteiger partial charge in [0.15, 0.2) is 11.5 Å². The average Bonchev–Trinajstić information content (AvgIpc) is 3.14. The van der Waals surface area contributed by atoms with Crippen molar-refractivity contribution in [2.45, 2.75) is 32.8 Å². The van der Waals surface area contributed by atoms with E-state index in [0.29, 0.717) is 35.2 Å². The van der Waals surface area contributed by atoms with Crippen LogP contribution in [0.25, 0.3) is 10.2 Å². The Morgan fingerprint density at radius 1 is 1.23 bits per heavy atom. The number of aliphatic hydroxyl groups excluding tert-OH is 1. The lowest BCUT2D eigenvalue weighted by Crippen LogP contribution is -2.31. The number of rotatable bonds is 10. The highest BCUT2D eigenvalue weighted by Gasteiger charge is 2.19. The number of carbonyl (C=O) groups excluding carboxylic acids is 1. The lowest BCUT2D eigenvalue weighted by Gasteiger charge is -2.11. The Morgan fingerprint density at radius 2 is 2.00 bits per heavy atom. The summed E-state index contributed by atoms with van der Waals surface area (Å²) in [5.74, 6) is 1.89. The molecule has 0 unspecified atom stereocenters. The molecule has 1 aromatic carbocycles. The second-order valence-corrected chi connectivity index (χ2v) is 8.10. The first-order valence-electron chi connectivity index (χ1n) is 10.1. The Morgan fingerprint density at radius 3 is 2.71 bits per heavy atom. The second-order valence-electron chi connectivity index (χ2n) is 7.10. The molecule has 166 valence electrons. The molecule has 0 bridgehead atoms. The third-order valence-electron chi connectivity index (χ3n) is 5.06. The van der Waals surface area contributed by atoms with Crippen molar-refractivity contribution in [3.63, 3.8) is 0 Å². The maximum absolute atomic E-state index is 12.6. The SMILES string of the molecule is CC[C@H](O)CNC(=O)c1sc2ncnc(NCCc3ccc(OC)c(OC)c3)c2c1C. The van der Waals surface area contributed by atoms with Gasteiger partial charge in [0.2, 0.25) is 0 Å². The molecule has 0 aliphatic carbocycles. The topological polar surface area (TPSA) is 106 Å². The number of thiophene rings is 1. The monoisotopic (exact) mass is 444 g/mol. The number of fused-ring (bicyclic) bond motifs is 1. The second kappa shape index (κ2) is 10.4. The number of hydrogen-bond donors (Lipinski definition) is 3. The van der Waals surface area contributed by atoms with E-state index < -0.39 is 6.10 Å². The number of nitrogens with zero attached hydrogens (tertiary/aromatic N) is 2. The van der Waals surface area contributed by atoms with Crippen LogP contribution in [0.1, 0.15) is 34.1 Å². The lowest BCUT2D eigenvalue weighted by atomic mass is 10.1. The molecule has 0 aliphatic heterocycles. The number of aromatic nitrogens is 2. The van der Waals surface area contributed by atoms with Crippen LogP contribution < -0.4 is 20.1 Å². The first-order chi connectivity index (χ1) is 15.0. The number of ether oxygens (including phenoxy) is 2. The largest absolute Gasteiger partial charge is 0.493 e. The zero-order chi connectivity index (χ0) is 22.4. The van der Waals surface area contributed by atoms with E-state index >= 15 is 0 Å². The normalized spacial score (nSPS) is 11.9. The molecule has 1 atom stereocenters.